The number of nitrogens with zero attached hydrogens (tertiary/aromatic N) is 5. The van der Waals surface area contributed by atoms with Crippen molar-refractivity contribution in [3.05, 3.63) is 24.0 Å². The molecular weight excluding hydrogens is 372 g/mol. The minimum Gasteiger partial charge on any atom is -0.379 e. The average molecular weight is 405 g/mol. The van der Waals surface area contributed by atoms with E-state index in [2.05, 4.69) is 48.2 Å². The highest BCUT2D eigenvalue weighted by Gasteiger charge is 2.16. The molecule has 2 saturated heterocycles. The lowest BCUT2D eigenvalue weighted by Gasteiger charge is -2.26. The Morgan fingerprint density at radius 2 is 1.79 bits per heavy atom. The Kier molecular flexibility index (Phi) is 7.32. The summed E-state index contributed by atoms with van der Waals surface area (Å²) in [7, 11) is 0. The van der Waals surface area contributed by atoms with Crippen LogP contribution in [0, 0.1) is 0 Å². The Hall–Kier alpha value is -1.48. The summed E-state index contributed by atoms with van der Waals surface area (Å²) < 4.78 is 7.58. The Morgan fingerprint density at radius 1 is 1.00 bits per heavy atom. The molecule has 2 aliphatic heterocycles. The number of anilines is 1. The lowest BCUT2D eigenvalue weighted by molar-refractivity contribution is 0.0374. The molecule has 0 aliphatic carbocycles. The van der Waals surface area contributed by atoms with Crippen molar-refractivity contribution in [2.45, 2.75) is 38.6 Å². The summed E-state index contributed by atoms with van der Waals surface area (Å²) in [6.45, 7) is 9.14. The van der Waals surface area contributed by atoms with Crippen LogP contribution in [0.2, 0.25) is 0 Å². The number of hydrogen-bond acceptors (Lipinski definition) is 7. The number of hydrogen-bond donors (Lipinski definition) is 1. The van der Waals surface area contributed by atoms with Gasteiger partial charge in [0.05, 0.1) is 13.2 Å². The zero-order valence-corrected chi connectivity index (χ0v) is 17.5. The molecule has 2 aromatic rings. The maximum Gasteiger partial charge on any atom is 0.218 e. The number of morpholine rings is 1. The van der Waals surface area contributed by atoms with E-state index >= 15 is 0 Å². The molecule has 7 nitrogen and oxygen atoms in total. The van der Waals surface area contributed by atoms with Gasteiger partial charge in [-0.2, -0.15) is 0 Å². The van der Waals surface area contributed by atoms with Crippen LogP contribution >= 0.6 is 11.3 Å². The van der Waals surface area contributed by atoms with Gasteiger partial charge in [-0.05, 0) is 44.5 Å². The molecule has 2 fully saturated rings. The fourth-order valence-electron chi connectivity index (χ4n) is 3.91. The van der Waals surface area contributed by atoms with Crippen LogP contribution in [-0.4, -0.2) is 72.1 Å². The SMILES string of the molecule is c1cc(CNCCCN2CCOCC2)n(-c2nnc(N3CCCCCC3)s2)c1. The van der Waals surface area contributed by atoms with Crippen LogP contribution < -0.4 is 10.2 Å². The third kappa shape index (κ3) is 5.31. The van der Waals surface area contributed by atoms with Gasteiger partial charge in [-0.15, -0.1) is 10.2 Å². The van der Waals surface area contributed by atoms with E-state index in [4.69, 9.17) is 4.74 Å². The van der Waals surface area contributed by atoms with Gasteiger partial charge in [0.1, 0.15) is 0 Å². The van der Waals surface area contributed by atoms with Crippen LogP contribution in [0.5, 0.6) is 0 Å². The molecule has 0 saturated carbocycles. The smallest absolute Gasteiger partial charge is 0.218 e. The monoisotopic (exact) mass is 404 g/mol. The molecule has 8 heteroatoms. The molecule has 0 aromatic carbocycles. The van der Waals surface area contributed by atoms with E-state index in [0.717, 1.165) is 69.3 Å². The summed E-state index contributed by atoms with van der Waals surface area (Å²) >= 11 is 1.70. The third-order valence-corrected chi connectivity index (χ3v) is 6.54. The lowest BCUT2D eigenvalue weighted by Crippen LogP contribution is -2.37. The van der Waals surface area contributed by atoms with Gasteiger partial charge < -0.3 is 15.0 Å². The predicted octanol–water partition coefficient (Wildman–Crippen LogP) is 2.52. The van der Waals surface area contributed by atoms with Crippen LogP contribution in [0.15, 0.2) is 18.3 Å². The first-order chi connectivity index (χ1) is 13.9. The van der Waals surface area contributed by atoms with Crippen LogP contribution in [0.3, 0.4) is 0 Å². The largest absolute Gasteiger partial charge is 0.379 e. The van der Waals surface area contributed by atoms with E-state index in [0.29, 0.717) is 0 Å². The predicted molar refractivity (Wildman–Crippen MR) is 113 cm³/mol. The maximum atomic E-state index is 5.40. The molecule has 4 rings (SSSR count). The van der Waals surface area contributed by atoms with E-state index in [1.54, 1.807) is 11.3 Å². The lowest BCUT2D eigenvalue weighted by atomic mass is 10.2. The summed E-state index contributed by atoms with van der Waals surface area (Å²) in [6, 6.07) is 4.26. The summed E-state index contributed by atoms with van der Waals surface area (Å²) in [6.07, 6.45) is 8.45. The topological polar surface area (TPSA) is 58.5 Å². The first kappa shape index (κ1) is 19.8. The van der Waals surface area contributed by atoms with Gasteiger partial charge in [-0.3, -0.25) is 9.47 Å². The standard InChI is InChI=1S/C20H32N6OS/c1-2-4-11-25(10-3-1)19-22-23-20(28-19)26-12-5-7-18(26)17-21-8-6-9-24-13-15-27-16-14-24/h5,7,12,21H,1-4,6,8-11,13-17H2. The Morgan fingerprint density at radius 3 is 2.61 bits per heavy atom. The zero-order chi connectivity index (χ0) is 19.0. The van der Waals surface area contributed by atoms with Crippen LogP contribution in [0.4, 0.5) is 5.13 Å². The molecule has 0 radical (unpaired) electrons. The molecule has 28 heavy (non-hydrogen) atoms. The van der Waals surface area contributed by atoms with E-state index in [9.17, 15) is 0 Å². The summed E-state index contributed by atoms with van der Waals surface area (Å²) in [5, 5.41) is 14.6. The highest BCUT2D eigenvalue weighted by atomic mass is 32.1. The van der Waals surface area contributed by atoms with Gasteiger partial charge in [0, 0.05) is 44.6 Å². The minimum absolute atomic E-state index is 0.856. The molecule has 0 spiro atoms. The first-order valence-corrected chi connectivity index (χ1v) is 11.5. The van der Waals surface area contributed by atoms with E-state index in [-0.39, 0.29) is 0 Å². The zero-order valence-electron chi connectivity index (χ0n) is 16.7. The molecule has 0 bridgehead atoms. The van der Waals surface area contributed by atoms with Gasteiger partial charge in [-0.1, -0.05) is 24.2 Å². The molecule has 0 amide bonds. The van der Waals surface area contributed by atoms with Crippen LogP contribution in [-0.2, 0) is 11.3 Å². The van der Waals surface area contributed by atoms with Crippen molar-refractivity contribution in [1.82, 2.24) is 25.0 Å². The molecule has 2 aliphatic rings. The third-order valence-electron chi connectivity index (χ3n) is 5.56. The Balaban J connectivity index is 1.26. The van der Waals surface area contributed by atoms with Crippen molar-refractivity contribution in [2.75, 3.05) is 57.4 Å². The second kappa shape index (κ2) is 10.3. The Bertz CT molecular complexity index is 703. The van der Waals surface area contributed by atoms with Crippen molar-refractivity contribution in [2.24, 2.45) is 0 Å². The molecule has 154 valence electrons. The van der Waals surface area contributed by atoms with Gasteiger partial charge in [-0.25, -0.2) is 0 Å². The number of nitrogens with one attached hydrogen (secondary N) is 1. The number of aromatic nitrogens is 3. The summed E-state index contributed by atoms with van der Waals surface area (Å²) in [4.78, 5) is 4.89. The average Bonchev–Trinajstić information content (AvgIpc) is 3.31. The van der Waals surface area contributed by atoms with Gasteiger partial charge >= 0.3 is 0 Å². The van der Waals surface area contributed by atoms with Crippen LogP contribution in [0.1, 0.15) is 37.8 Å². The quantitative estimate of drug-likeness (QED) is 0.683. The second-order valence-electron chi connectivity index (χ2n) is 7.62. The molecule has 0 atom stereocenters. The molecular formula is C20H32N6OS. The fraction of sp³-hybridized carbons (Fsp3) is 0.700. The van der Waals surface area contributed by atoms with E-state index in [1.807, 2.05) is 0 Å². The number of rotatable bonds is 8. The summed E-state index contributed by atoms with van der Waals surface area (Å²) in [5.41, 5.74) is 1.24. The van der Waals surface area contributed by atoms with Crippen molar-refractivity contribution >= 4 is 16.5 Å². The van der Waals surface area contributed by atoms with E-state index < -0.39 is 0 Å². The number of ether oxygens (including phenoxy) is 1. The van der Waals surface area contributed by atoms with Gasteiger partial charge in [0.2, 0.25) is 10.3 Å². The van der Waals surface area contributed by atoms with Crippen molar-refractivity contribution in [3.8, 4) is 5.13 Å². The van der Waals surface area contributed by atoms with Crippen LogP contribution in [0.25, 0.3) is 5.13 Å². The molecule has 4 heterocycles. The van der Waals surface area contributed by atoms with Gasteiger partial charge in [0.25, 0.3) is 0 Å². The first-order valence-electron chi connectivity index (χ1n) is 10.7. The van der Waals surface area contributed by atoms with Gasteiger partial charge in [0.15, 0.2) is 0 Å². The molecule has 2 aromatic heterocycles. The normalized spacial score (nSPS) is 19.1. The Labute approximate surface area is 171 Å². The minimum atomic E-state index is 0.856. The highest BCUT2D eigenvalue weighted by Crippen LogP contribution is 2.26. The highest BCUT2D eigenvalue weighted by molar-refractivity contribution is 7.17. The second-order valence-corrected chi connectivity index (χ2v) is 8.56. The van der Waals surface area contributed by atoms with Crippen molar-refractivity contribution in [3.63, 3.8) is 0 Å². The molecule has 0 unspecified atom stereocenters. The van der Waals surface area contributed by atoms with E-state index in [1.165, 1.54) is 37.8 Å². The molecule has 1 N–H and O–H groups in total. The fourth-order valence-corrected chi connectivity index (χ4v) is 4.83. The van der Waals surface area contributed by atoms with Crippen molar-refractivity contribution < 1.29 is 4.74 Å². The summed E-state index contributed by atoms with van der Waals surface area (Å²) in [5.74, 6) is 0. The maximum absolute atomic E-state index is 5.40. The van der Waals surface area contributed by atoms with Crippen molar-refractivity contribution in [1.29, 1.82) is 0 Å².